The molecule has 0 bridgehead atoms. The maximum Gasteiger partial charge on any atom is 0.261 e. The van der Waals surface area contributed by atoms with Crippen molar-refractivity contribution in [2.75, 3.05) is 17.2 Å². The molecule has 0 atom stereocenters. The van der Waals surface area contributed by atoms with Gasteiger partial charge in [-0.05, 0) is 18.6 Å². The number of nitrogens with zero attached hydrogens (tertiary/aromatic N) is 4. The molecule has 0 aliphatic carbocycles. The molecule has 2 aromatic rings. The highest BCUT2D eigenvalue weighted by molar-refractivity contribution is 6.06. The van der Waals surface area contributed by atoms with Gasteiger partial charge in [0.05, 0.1) is 18.0 Å². The Bertz CT molecular complexity index is 545. The minimum Gasteiger partial charge on any atom is -0.369 e. The Morgan fingerprint density at radius 3 is 2.89 bits per heavy atom. The second-order valence-electron chi connectivity index (χ2n) is 3.75. The minimum atomic E-state index is -0.320. The van der Waals surface area contributed by atoms with Gasteiger partial charge in [-0.25, -0.2) is 9.97 Å². The van der Waals surface area contributed by atoms with Gasteiger partial charge in [0.2, 0.25) is 5.95 Å². The number of carbonyl (C=O) groups excluding carboxylic acids is 1. The first-order valence-corrected chi connectivity index (χ1v) is 5.95. The van der Waals surface area contributed by atoms with E-state index in [1.165, 1.54) is 12.4 Å². The van der Waals surface area contributed by atoms with Crippen molar-refractivity contribution in [3.63, 3.8) is 0 Å². The van der Waals surface area contributed by atoms with Gasteiger partial charge in [-0.3, -0.25) is 10.1 Å². The van der Waals surface area contributed by atoms with Crippen LogP contribution in [0.25, 0.3) is 0 Å². The van der Waals surface area contributed by atoms with Crippen molar-refractivity contribution in [3.05, 3.63) is 36.3 Å². The Labute approximate surface area is 110 Å². The van der Waals surface area contributed by atoms with Gasteiger partial charge in [0.25, 0.3) is 5.91 Å². The summed E-state index contributed by atoms with van der Waals surface area (Å²) < 4.78 is 0. The fourth-order valence-corrected chi connectivity index (χ4v) is 1.45. The molecular formula is C12H14N6O. The van der Waals surface area contributed by atoms with Crippen LogP contribution >= 0.6 is 0 Å². The summed E-state index contributed by atoms with van der Waals surface area (Å²) in [7, 11) is 0. The molecule has 7 nitrogen and oxygen atoms in total. The molecule has 98 valence electrons. The van der Waals surface area contributed by atoms with Crippen molar-refractivity contribution in [1.82, 2.24) is 20.2 Å². The number of carbonyl (C=O) groups is 1. The summed E-state index contributed by atoms with van der Waals surface area (Å²) in [5.41, 5.74) is 0.448. The topological polar surface area (TPSA) is 92.7 Å². The number of anilines is 2. The average molecular weight is 258 g/mol. The fourth-order valence-electron chi connectivity index (χ4n) is 1.45. The zero-order valence-corrected chi connectivity index (χ0v) is 10.5. The highest BCUT2D eigenvalue weighted by Crippen LogP contribution is 2.12. The SMILES string of the molecule is CCCNc1ncccc1C(=O)Nc1nccnn1. The normalized spacial score (nSPS) is 9.95. The maximum absolute atomic E-state index is 12.1. The average Bonchev–Trinajstić information content (AvgIpc) is 2.46. The van der Waals surface area contributed by atoms with Crippen LogP contribution in [0.3, 0.4) is 0 Å². The van der Waals surface area contributed by atoms with Gasteiger partial charge in [0.15, 0.2) is 0 Å². The van der Waals surface area contributed by atoms with Gasteiger partial charge >= 0.3 is 0 Å². The van der Waals surface area contributed by atoms with Crippen LogP contribution in [0.4, 0.5) is 11.8 Å². The summed E-state index contributed by atoms with van der Waals surface area (Å²) in [6, 6.07) is 3.40. The molecule has 2 heterocycles. The molecular weight excluding hydrogens is 244 g/mol. The van der Waals surface area contributed by atoms with Crippen LogP contribution in [-0.4, -0.2) is 32.6 Å². The van der Waals surface area contributed by atoms with E-state index in [9.17, 15) is 4.79 Å². The third-order valence-corrected chi connectivity index (χ3v) is 2.30. The van der Waals surface area contributed by atoms with Crippen molar-refractivity contribution in [1.29, 1.82) is 0 Å². The van der Waals surface area contributed by atoms with Crippen molar-refractivity contribution in [3.8, 4) is 0 Å². The molecule has 0 unspecified atom stereocenters. The van der Waals surface area contributed by atoms with Crippen LogP contribution in [-0.2, 0) is 0 Å². The van der Waals surface area contributed by atoms with E-state index in [1.807, 2.05) is 6.92 Å². The van der Waals surface area contributed by atoms with Crippen LogP contribution in [0.15, 0.2) is 30.7 Å². The lowest BCUT2D eigenvalue weighted by atomic mass is 10.2. The Morgan fingerprint density at radius 1 is 1.26 bits per heavy atom. The van der Waals surface area contributed by atoms with Crippen molar-refractivity contribution in [2.45, 2.75) is 13.3 Å². The predicted molar refractivity (Wildman–Crippen MR) is 70.8 cm³/mol. The molecule has 2 N–H and O–H groups in total. The predicted octanol–water partition coefficient (Wildman–Crippen LogP) is 1.34. The first-order valence-electron chi connectivity index (χ1n) is 5.95. The number of nitrogens with one attached hydrogen (secondary N) is 2. The van der Waals surface area contributed by atoms with E-state index in [0.29, 0.717) is 11.4 Å². The van der Waals surface area contributed by atoms with E-state index in [-0.39, 0.29) is 11.9 Å². The molecule has 0 fully saturated rings. The molecule has 2 aromatic heterocycles. The fraction of sp³-hybridized carbons (Fsp3) is 0.250. The maximum atomic E-state index is 12.1. The second-order valence-corrected chi connectivity index (χ2v) is 3.75. The van der Waals surface area contributed by atoms with E-state index in [0.717, 1.165) is 13.0 Å². The number of rotatable bonds is 5. The van der Waals surface area contributed by atoms with Gasteiger partial charge in [-0.1, -0.05) is 6.92 Å². The molecule has 0 aromatic carbocycles. The molecule has 0 aliphatic rings. The van der Waals surface area contributed by atoms with E-state index in [1.54, 1.807) is 18.3 Å². The standard InChI is InChI=1S/C12H14N6O/c1-2-5-13-10-9(4-3-6-14-10)11(19)17-12-15-7-8-16-18-12/h3-4,6-8H,2,5H2,1H3,(H,13,14)(H,15,17,18,19). The molecule has 0 aliphatic heterocycles. The van der Waals surface area contributed by atoms with Crippen LogP contribution in [0.2, 0.25) is 0 Å². The molecule has 0 radical (unpaired) electrons. The Balaban J connectivity index is 2.14. The monoisotopic (exact) mass is 258 g/mol. The van der Waals surface area contributed by atoms with E-state index in [2.05, 4.69) is 30.8 Å². The Morgan fingerprint density at radius 2 is 2.16 bits per heavy atom. The van der Waals surface area contributed by atoms with E-state index in [4.69, 9.17) is 0 Å². The van der Waals surface area contributed by atoms with Crippen LogP contribution in [0.1, 0.15) is 23.7 Å². The largest absolute Gasteiger partial charge is 0.369 e. The summed E-state index contributed by atoms with van der Waals surface area (Å²) >= 11 is 0. The molecule has 0 saturated carbocycles. The third-order valence-electron chi connectivity index (χ3n) is 2.30. The van der Waals surface area contributed by atoms with Gasteiger partial charge in [-0.15, -0.1) is 5.10 Å². The van der Waals surface area contributed by atoms with Crippen molar-refractivity contribution < 1.29 is 4.79 Å². The molecule has 2 rings (SSSR count). The summed E-state index contributed by atoms with van der Waals surface area (Å²) in [5.74, 6) is 0.392. The first kappa shape index (κ1) is 12.9. The number of amides is 1. The lowest BCUT2D eigenvalue weighted by Gasteiger charge is -2.09. The number of aromatic nitrogens is 4. The molecule has 0 saturated heterocycles. The summed E-state index contributed by atoms with van der Waals surface area (Å²) in [5, 5.41) is 13.0. The molecule has 7 heteroatoms. The lowest BCUT2D eigenvalue weighted by molar-refractivity contribution is 0.102. The second kappa shape index (κ2) is 6.39. The first-order chi connectivity index (χ1) is 9.31. The van der Waals surface area contributed by atoms with Crippen molar-refractivity contribution >= 4 is 17.7 Å². The van der Waals surface area contributed by atoms with Gasteiger partial charge in [0.1, 0.15) is 5.82 Å². The molecule has 0 spiro atoms. The van der Waals surface area contributed by atoms with Gasteiger partial charge in [0, 0.05) is 12.7 Å². The van der Waals surface area contributed by atoms with Crippen LogP contribution in [0.5, 0.6) is 0 Å². The highest BCUT2D eigenvalue weighted by atomic mass is 16.1. The zero-order chi connectivity index (χ0) is 13.5. The molecule has 19 heavy (non-hydrogen) atoms. The smallest absolute Gasteiger partial charge is 0.261 e. The number of hydrogen-bond donors (Lipinski definition) is 2. The van der Waals surface area contributed by atoms with Crippen LogP contribution < -0.4 is 10.6 Å². The quantitative estimate of drug-likeness (QED) is 0.840. The Hall–Kier alpha value is -2.57. The van der Waals surface area contributed by atoms with E-state index < -0.39 is 0 Å². The third kappa shape index (κ3) is 3.44. The Kier molecular flexibility index (Phi) is 4.33. The summed E-state index contributed by atoms with van der Waals surface area (Å²) in [4.78, 5) is 20.1. The zero-order valence-electron chi connectivity index (χ0n) is 10.5. The molecule has 1 amide bonds. The minimum absolute atomic E-state index is 0.165. The van der Waals surface area contributed by atoms with Gasteiger partial charge in [-0.2, -0.15) is 5.10 Å². The highest BCUT2D eigenvalue weighted by Gasteiger charge is 2.13. The van der Waals surface area contributed by atoms with E-state index >= 15 is 0 Å². The number of hydrogen-bond acceptors (Lipinski definition) is 6. The van der Waals surface area contributed by atoms with Crippen molar-refractivity contribution in [2.24, 2.45) is 0 Å². The number of pyridine rings is 1. The summed E-state index contributed by atoms with van der Waals surface area (Å²) in [6.07, 6.45) is 5.48. The van der Waals surface area contributed by atoms with Gasteiger partial charge < -0.3 is 5.32 Å². The summed E-state index contributed by atoms with van der Waals surface area (Å²) in [6.45, 7) is 2.79. The lowest BCUT2D eigenvalue weighted by Crippen LogP contribution is -2.17. The van der Waals surface area contributed by atoms with Crippen LogP contribution in [0, 0.1) is 0 Å².